The van der Waals surface area contributed by atoms with Gasteiger partial charge in [-0.15, -0.1) is 11.3 Å². The van der Waals surface area contributed by atoms with Gasteiger partial charge in [-0.2, -0.15) is 0 Å². The van der Waals surface area contributed by atoms with Gasteiger partial charge in [0.25, 0.3) is 0 Å². The number of para-hydroxylation sites is 1. The van der Waals surface area contributed by atoms with Crippen LogP contribution in [-0.2, 0) is 5.41 Å². The molecule has 1 aliphatic carbocycles. The summed E-state index contributed by atoms with van der Waals surface area (Å²) in [6.45, 7) is 4.67. The Morgan fingerprint density at radius 3 is 1.47 bits per heavy atom. The topological polar surface area (TPSA) is 16.4 Å². The highest BCUT2D eigenvalue weighted by Gasteiger charge is 2.36. The van der Waals surface area contributed by atoms with Gasteiger partial charge in [-0.1, -0.05) is 141 Å². The van der Waals surface area contributed by atoms with E-state index in [-0.39, 0.29) is 5.41 Å². The van der Waals surface area contributed by atoms with Crippen LogP contribution in [0.4, 0.5) is 17.1 Å². The monoisotopic (exact) mass is 761 g/mol. The van der Waals surface area contributed by atoms with Crippen molar-refractivity contribution in [1.29, 1.82) is 0 Å². The minimum absolute atomic E-state index is 0.111. The van der Waals surface area contributed by atoms with Crippen LogP contribution in [0.1, 0.15) is 25.0 Å². The molecule has 0 bridgehead atoms. The highest BCUT2D eigenvalue weighted by atomic mass is 32.1. The zero-order chi connectivity index (χ0) is 38.8. The quantitative estimate of drug-likeness (QED) is 0.161. The summed E-state index contributed by atoms with van der Waals surface area (Å²) < 4.78 is 6.31. The molecule has 0 radical (unpaired) electrons. The number of hydrogen-bond donors (Lipinski definition) is 0. The van der Waals surface area contributed by atoms with Crippen LogP contribution in [0.3, 0.4) is 0 Å². The van der Waals surface area contributed by atoms with E-state index in [1.807, 2.05) is 17.4 Å². The van der Waals surface area contributed by atoms with Crippen molar-refractivity contribution in [3.8, 4) is 54.3 Å². The normalized spacial score (nSPS) is 12.8. The average Bonchev–Trinajstić information content (AvgIpc) is 3.98. The van der Waals surface area contributed by atoms with E-state index in [2.05, 4.69) is 213 Å². The van der Waals surface area contributed by atoms with Crippen LogP contribution in [0.15, 0.2) is 205 Å². The molecule has 0 fully saturated rings. The molecule has 0 unspecified atom stereocenters. The molecule has 2 nitrogen and oxygen atoms in total. The van der Waals surface area contributed by atoms with Crippen molar-refractivity contribution in [2.75, 3.05) is 4.90 Å². The lowest BCUT2D eigenvalue weighted by atomic mass is 9.82. The Morgan fingerprint density at radius 1 is 0.379 bits per heavy atom. The summed E-state index contributed by atoms with van der Waals surface area (Å²) in [5.74, 6) is 0. The van der Waals surface area contributed by atoms with Gasteiger partial charge in [0, 0.05) is 43.0 Å². The maximum Gasteiger partial charge on any atom is 0.135 e. The van der Waals surface area contributed by atoms with E-state index in [1.54, 1.807) is 0 Å². The molecule has 8 aromatic carbocycles. The van der Waals surface area contributed by atoms with E-state index in [0.717, 1.165) is 28.2 Å². The lowest BCUT2D eigenvalue weighted by Crippen LogP contribution is -2.14. The summed E-state index contributed by atoms with van der Waals surface area (Å²) in [5, 5.41) is 2.35. The minimum Gasteiger partial charge on any atom is -0.456 e. The lowest BCUT2D eigenvalue weighted by molar-refractivity contribution is 0.647. The summed E-state index contributed by atoms with van der Waals surface area (Å²) >= 11 is 1.85. The van der Waals surface area contributed by atoms with Gasteiger partial charge < -0.3 is 9.32 Å². The van der Waals surface area contributed by atoms with Crippen molar-refractivity contribution >= 4 is 50.3 Å². The fraction of sp³-hybridized carbons (Fsp3) is 0.0545. The zero-order valence-electron chi connectivity index (χ0n) is 32.3. The number of benzene rings is 8. The zero-order valence-corrected chi connectivity index (χ0v) is 33.1. The molecule has 10 aromatic rings. The number of hydrogen-bond acceptors (Lipinski definition) is 3. The Labute approximate surface area is 342 Å². The largest absolute Gasteiger partial charge is 0.456 e. The maximum atomic E-state index is 6.31. The van der Waals surface area contributed by atoms with Gasteiger partial charge in [-0.3, -0.25) is 0 Å². The molecule has 0 atom stereocenters. The predicted octanol–water partition coefficient (Wildman–Crippen LogP) is 16.1. The molecule has 58 heavy (non-hydrogen) atoms. The number of anilines is 3. The third kappa shape index (κ3) is 5.78. The highest BCUT2D eigenvalue weighted by molar-refractivity contribution is 7.18. The summed E-state index contributed by atoms with van der Waals surface area (Å²) in [6.07, 6.45) is 0. The minimum atomic E-state index is -0.111. The van der Waals surface area contributed by atoms with Crippen LogP contribution in [0.5, 0.6) is 0 Å². The number of rotatable bonds is 7. The van der Waals surface area contributed by atoms with E-state index in [0.29, 0.717) is 0 Å². The van der Waals surface area contributed by atoms with Gasteiger partial charge in [0.1, 0.15) is 11.2 Å². The summed E-state index contributed by atoms with van der Waals surface area (Å²) in [7, 11) is 0. The Bertz CT molecular complexity index is 3020. The molecular formula is C55H39NOS. The van der Waals surface area contributed by atoms with Gasteiger partial charge in [0.15, 0.2) is 0 Å². The van der Waals surface area contributed by atoms with Gasteiger partial charge in [0.2, 0.25) is 0 Å². The molecule has 2 heterocycles. The summed E-state index contributed by atoms with van der Waals surface area (Å²) in [4.78, 5) is 4.86. The first kappa shape index (κ1) is 34.3. The van der Waals surface area contributed by atoms with Gasteiger partial charge in [0.05, 0.1) is 0 Å². The molecule has 0 aliphatic heterocycles. The van der Waals surface area contributed by atoms with Crippen molar-refractivity contribution in [2.45, 2.75) is 19.3 Å². The second-order valence-electron chi connectivity index (χ2n) is 15.7. The molecule has 0 saturated carbocycles. The third-order valence-corrected chi connectivity index (χ3v) is 13.1. The Kier molecular flexibility index (Phi) is 8.06. The highest BCUT2D eigenvalue weighted by Crippen LogP contribution is 2.52. The number of thiophene rings is 1. The summed E-state index contributed by atoms with van der Waals surface area (Å²) in [5.41, 5.74) is 17.7. The number of nitrogens with zero attached hydrogens (tertiary/aromatic N) is 1. The van der Waals surface area contributed by atoms with Gasteiger partial charge >= 0.3 is 0 Å². The van der Waals surface area contributed by atoms with Crippen molar-refractivity contribution in [3.63, 3.8) is 0 Å². The van der Waals surface area contributed by atoms with E-state index in [4.69, 9.17) is 4.42 Å². The number of furan rings is 1. The van der Waals surface area contributed by atoms with Gasteiger partial charge in [-0.25, -0.2) is 0 Å². The van der Waals surface area contributed by atoms with E-state index >= 15 is 0 Å². The second-order valence-corrected chi connectivity index (χ2v) is 16.8. The SMILES string of the molecule is CC1(C)c2ccc(-c3ccc(-c4ccc(N(c5ccc(-c6ccccc6)cc5)c5ccc(-c6ccccc6)cc5)cc4)s3)cc2-c2cc3c(cc21)oc1ccccc13. The molecule has 11 rings (SSSR count). The third-order valence-electron chi connectivity index (χ3n) is 11.9. The molecule has 1 aliphatic rings. The average molecular weight is 762 g/mol. The fourth-order valence-electron chi connectivity index (χ4n) is 8.86. The van der Waals surface area contributed by atoms with Gasteiger partial charge in [-0.05, 0) is 128 Å². The maximum absolute atomic E-state index is 6.31. The van der Waals surface area contributed by atoms with Crippen LogP contribution in [0.2, 0.25) is 0 Å². The lowest BCUT2D eigenvalue weighted by Gasteiger charge is -2.26. The smallest absolute Gasteiger partial charge is 0.135 e. The Morgan fingerprint density at radius 2 is 0.862 bits per heavy atom. The molecule has 276 valence electrons. The van der Waals surface area contributed by atoms with Crippen molar-refractivity contribution in [2.24, 2.45) is 0 Å². The summed E-state index contributed by atoms with van der Waals surface area (Å²) in [6, 6.07) is 72.5. The van der Waals surface area contributed by atoms with Crippen LogP contribution in [-0.4, -0.2) is 0 Å². The number of fused-ring (bicyclic) bond motifs is 6. The molecule has 0 amide bonds. The van der Waals surface area contributed by atoms with Crippen molar-refractivity contribution in [1.82, 2.24) is 0 Å². The van der Waals surface area contributed by atoms with E-state index in [1.165, 1.54) is 76.2 Å². The predicted molar refractivity (Wildman–Crippen MR) is 246 cm³/mol. The van der Waals surface area contributed by atoms with Crippen molar-refractivity contribution in [3.05, 3.63) is 211 Å². The Hall–Kier alpha value is -6.94. The molecule has 0 N–H and O–H groups in total. The van der Waals surface area contributed by atoms with Crippen LogP contribution in [0, 0.1) is 0 Å². The first-order valence-corrected chi connectivity index (χ1v) is 20.7. The molecule has 0 saturated heterocycles. The van der Waals surface area contributed by atoms with E-state index < -0.39 is 0 Å². The molecule has 3 heteroatoms. The first-order chi connectivity index (χ1) is 28.5. The fourth-order valence-corrected chi connectivity index (χ4v) is 9.87. The molecule has 0 spiro atoms. The van der Waals surface area contributed by atoms with Crippen LogP contribution < -0.4 is 4.90 Å². The van der Waals surface area contributed by atoms with E-state index in [9.17, 15) is 0 Å². The second kappa shape index (κ2) is 13.6. The molecule has 2 aromatic heterocycles. The Balaban J connectivity index is 0.918. The van der Waals surface area contributed by atoms with Crippen molar-refractivity contribution < 1.29 is 4.42 Å². The van der Waals surface area contributed by atoms with Crippen LogP contribution >= 0.6 is 11.3 Å². The first-order valence-electron chi connectivity index (χ1n) is 19.9. The van der Waals surface area contributed by atoms with Crippen LogP contribution in [0.25, 0.3) is 76.2 Å². The standard InChI is InChI=1S/C55H39NOS/c1-55(2)49-30-23-41(33-46(49)47-34-48-45-15-9-10-16-51(45)57-52(48)35-50(47)55)54-32-31-53(58-54)40-21-28-44(29-22-40)56(42-24-17-38(18-25-42)36-11-5-3-6-12-36)43-26-19-39(20-27-43)37-13-7-4-8-14-37/h3-35H,1-2H3. The molecular weight excluding hydrogens is 723 g/mol.